The third-order valence-corrected chi connectivity index (χ3v) is 4.16. The van der Waals surface area contributed by atoms with Crippen LogP contribution in [0, 0.1) is 5.92 Å². The molecule has 2 bridgehead atoms. The van der Waals surface area contributed by atoms with Crippen molar-refractivity contribution in [2.45, 2.75) is 30.5 Å². The van der Waals surface area contributed by atoms with Gasteiger partial charge in [-0.25, -0.2) is 0 Å². The number of aliphatic hydroxyl groups is 1. The molecule has 2 rings (SSSR count). The molecule has 11 heavy (non-hydrogen) atoms. The summed E-state index contributed by atoms with van der Waals surface area (Å²) in [5, 5.41) is 9.74. The molecular weight excluding hydrogens is 254 g/mol. The van der Waals surface area contributed by atoms with Crippen LogP contribution in [0.1, 0.15) is 12.8 Å². The molecule has 1 saturated heterocycles. The van der Waals surface area contributed by atoms with Gasteiger partial charge in [0.25, 0.3) is 0 Å². The first kappa shape index (κ1) is 8.32. The van der Waals surface area contributed by atoms with E-state index < -0.39 is 0 Å². The van der Waals surface area contributed by atoms with Gasteiger partial charge in [-0.1, -0.05) is 22.6 Å². The molecule has 2 radical (unpaired) electrons. The van der Waals surface area contributed by atoms with E-state index in [1.165, 1.54) is 0 Å². The Kier molecular flexibility index (Phi) is 1.97. The third kappa shape index (κ3) is 0.987. The second kappa shape index (κ2) is 2.60. The number of hydrogen-bond donors (Lipinski definition) is 1. The fraction of sp³-hybridized carbons (Fsp3) is 1.00. The van der Waals surface area contributed by atoms with E-state index in [1.54, 1.807) is 0 Å². The lowest BCUT2D eigenvalue weighted by molar-refractivity contribution is -0.0483. The molecule has 2 unspecified atom stereocenters. The Morgan fingerprint density at radius 3 is 2.73 bits per heavy atom. The van der Waals surface area contributed by atoms with Gasteiger partial charge in [0.1, 0.15) is 13.4 Å². The van der Waals surface area contributed by atoms with Crippen molar-refractivity contribution in [3.05, 3.63) is 0 Å². The largest absolute Gasteiger partial charge is 0.390 e. The summed E-state index contributed by atoms with van der Waals surface area (Å²) in [5.41, 5.74) is -0.301. The Bertz CT molecular complexity index is 178. The van der Waals surface area contributed by atoms with Crippen molar-refractivity contribution in [3.63, 3.8) is 0 Å². The SMILES string of the molecule is [B][C@@H]1O[C@@]2(CI)CCC1C2O. The maximum absolute atomic E-state index is 9.74. The molecule has 1 aliphatic heterocycles. The van der Waals surface area contributed by atoms with Gasteiger partial charge in [0.15, 0.2) is 0 Å². The van der Waals surface area contributed by atoms with Crippen LogP contribution in [-0.4, -0.2) is 35.1 Å². The molecule has 1 N–H and O–H groups in total. The molecule has 4 atom stereocenters. The normalized spacial score (nSPS) is 55.3. The molecule has 2 nitrogen and oxygen atoms in total. The van der Waals surface area contributed by atoms with Gasteiger partial charge in [-0.3, -0.25) is 0 Å². The van der Waals surface area contributed by atoms with E-state index in [9.17, 15) is 5.11 Å². The van der Waals surface area contributed by atoms with Crippen LogP contribution in [0.5, 0.6) is 0 Å². The van der Waals surface area contributed by atoms with Gasteiger partial charge in [0.05, 0.1) is 6.10 Å². The highest BCUT2D eigenvalue weighted by Crippen LogP contribution is 2.48. The molecule has 1 heterocycles. The molecule has 1 aliphatic carbocycles. The molecule has 0 amide bonds. The van der Waals surface area contributed by atoms with E-state index >= 15 is 0 Å². The summed E-state index contributed by atoms with van der Waals surface area (Å²) in [6.07, 6.45) is 1.66. The number of ether oxygens (including phenoxy) is 1. The van der Waals surface area contributed by atoms with Crippen molar-refractivity contribution in [2.75, 3.05) is 4.43 Å². The Balaban J connectivity index is 2.24. The van der Waals surface area contributed by atoms with E-state index in [1.807, 2.05) is 0 Å². The monoisotopic (exact) mass is 264 g/mol. The van der Waals surface area contributed by atoms with Gasteiger partial charge in [0, 0.05) is 16.3 Å². The fourth-order valence-corrected chi connectivity index (χ4v) is 3.13. The van der Waals surface area contributed by atoms with Crippen LogP contribution in [0.2, 0.25) is 0 Å². The van der Waals surface area contributed by atoms with Gasteiger partial charge in [-0.15, -0.1) is 0 Å². The minimum atomic E-state index is -0.325. The van der Waals surface area contributed by atoms with Crippen LogP contribution in [0.15, 0.2) is 0 Å². The molecule has 2 aliphatic rings. The van der Waals surface area contributed by atoms with E-state index in [0.717, 1.165) is 17.3 Å². The zero-order valence-electron chi connectivity index (χ0n) is 6.16. The lowest BCUT2D eigenvalue weighted by Gasteiger charge is -2.28. The zero-order valence-corrected chi connectivity index (χ0v) is 8.32. The van der Waals surface area contributed by atoms with Crippen molar-refractivity contribution >= 4 is 30.4 Å². The summed E-state index contributed by atoms with van der Waals surface area (Å²) in [5.74, 6) is 0.185. The average molecular weight is 264 g/mol. The predicted molar refractivity (Wildman–Crippen MR) is 51.0 cm³/mol. The summed E-state index contributed by atoms with van der Waals surface area (Å²) >= 11 is 2.25. The smallest absolute Gasteiger partial charge is 0.109 e. The van der Waals surface area contributed by atoms with E-state index in [4.69, 9.17) is 12.6 Å². The number of alkyl halides is 1. The van der Waals surface area contributed by atoms with E-state index in [2.05, 4.69) is 22.6 Å². The minimum Gasteiger partial charge on any atom is -0.390 e. The van der Waals surface area contributed by atoms with Gasteiger partial charge >= 0.3 is 0 Å². The first-order valence-electron chi connectivity index (χ1n) is 3.87. The standard InChI is InChI=1S/C7H10BIO2/c8-6-4-1-2-7(3-9,11-6)5(4)10/h4-6,10H,1-3H2/t4?,5?,6-,7-/m1/s1. The summed E-state index contributed by atoms with van der Waals surface area (Å²) in [6.45, 7) is 0. The molecule has 1 saturated carbocycles. The molecule has 0 aromatic carbocycles. The van der Waals surface area contributed by atoms with Gasteiger partial charge in [-0.2, -0.15) is 0 Å². The predicted octanol–water partition coefficient (Wildman–Crippen LogP) is 0.456. The lowest BCUT2D eigenvalue weighted by Crippen LogP contribution is -2.38. The average Bonchev–Trinajstić information content (AvgIpc) is 2.42. The molecule has 0 aromatic rings. The van der Waals surface area contributed by atoms with E-state index in [-0.39, 0.29) is 23.6 Å². The van der Waals surface area contributed by atoms with Crippen LogP contribution >= 0.6 is 22.6 Å². The van der Waals surface area contributed by atoms with Crippen molar-refractivity contribution in [2.24, 2.45) is 5.92 Å². The third-order valence-electron chi connectivity index (χ3n) is 2.86. The van der Waals surface area contributed by atoms with Crippen LogP contribution in [0.25, 0.3) is 0 Å². The molecule has 4 heteroatoms. The summed E-state index contributed by atoms with van der Waals surface area (Å²) in [4.78, 5) is 0. The van der Waals surface area contributed by atoms with Gasteiger partial charge in [-0.05, 0) is 12.8 Å². The van der Waals surface area contributed by atoms with Crippen LogP contribution in [0.4, 0.5) is 0 Å². The molecule has 0 spiro atoms. The van der Waals surface area contributed by atoms with Crippen LogP contribution in [-0.2, 0) is 4.74 Å². The molecule has 2 fully saturated rings. The Labute approximate surface area is 81.2 Å². The second-order valence-corrected chi connectivity index (χ2v) is 4.19. The maximum atomic E-state index is 9.74. The van der Waals surface area contributed by atoms with Crippen molar-refractivity contribution in [3.8, 4) is 0 Å². The number of fused-ring (bicyclic) bond motifs is 2. The van der Waals surface area contributed by atoms with Crippen molar-refractivity contribution in [1.29, 1.82) is 0 Å². The summed E-state index contributed by atoms with van der Waals surface area (Å²) < 4.78 is 6.37. The van der Waals surface area contributed by atoms with Gasteiger partial charge < -0.3 is 9.84 Å². The first-order valence-corrected chi connectivity index (χ1v) is 5.39. The molecular formula is C7H10BIO2. The Hall–Kier alpha value is 0.715. The summed E-state index contributed by atoms with van der Waals surface area (Å²) in [6, 6.07) is -0.228. The Morgan fingerprint density at radius 1 is 1.73 bits per heavy atom. The van der Waals surface area contributed by atoms with Crippen molar-refractivity contribution in [1.82, 2.24) is 0 Å². The highest BCUT2D eigenvalue weighted by molar-refractivity contribution is 14.1. The number of hydrogen-bond acceptors (Lipinski definition) is 2. The minimum absolute atomic E-state index is 0.185. The lowest BCUT2D eigenvalue weighted by atomic mass is 9.86. The Morgan fingerprint density at radius 2 is 2.45 bits per heavy atom. The maximum Gasteiger partial charge on any atom is 0.109 e. The second-order valence-electron chi connectivity index (χ2n) is 3.43. The van der Waals surface area contributed by atoms with Crippen LogP contribution < -0.4 is 0 Å². The topological polar surface area (TPSA) is 29.5 Å². The van der Waals surface area contributed by atoms with Crippen LogP contribution in [0.3, 0.4) is 0 Å². The van der Waals surface area contributed by atoms with Crippen molar-refractivity contribution < 1.29 is 9.84 Å². The highest BCUT2D eigenvalue weighted by atomic mass is 127. The number of rotatable bonds is 1. The van der Waals surface area contributed by atoms with E-state index in [0.29, 0.717) is 0 Å². The zero-order chi connectivity index (χ0) is 8.06. The highest BCUT2D eigenvalue weighted by Gasteiger charge is 2.56. The molecule has 60 valence electrons. The fourth-order valence-electron chi connectivity index (χ4n) is 2.12. The summed E-state index contributed by atoms with van der Waals surface area (Å²) in [7, 11) is 5.69. The number of aliphatic hydroxyl groups excluding tert-OH is 1. The first-order chi connectivity index (χ1) is 5.19. The molecule has 0 aromatic heterocycles. The number of halogens is 1. The quantitative estimate of drug-likeness (QED) is 0.423. The van der Waals surface area contributed by atoms with Gasteiger partial charge in [0.2, 0.25) is 0 Å².